The second-order valence-corrected chi connectivity index (χ2v) is 6.32. The molecule has 0 aromatic rings. The minimum Gasteiger partial charge on any atom is -0.126 e. The quantitative estimate of drug-likeness (QED) is 0.384. The molecule has 0 bridgehead atoms. The van der Waals surface area contributed by atoms with Crippen LogP contribution < -0.4 is 0 Å². The van der Waals surface area contributed by atoms with Crippen LogP contribution in [-0.4, -0.2) is 23.3 Å². The third-order valence-electron chi connectivity index (χ3n) is 0.417. The molecule has 0 spiro atoms. The molecule has 5 heteroatoms. The van der Waals surface area contributed by atoms with Crippen LogP contribution in [-0.2, 0) is 0 Å². The van der Waals surface area contributed by atoms with E-state index in [1.54, 1.807) is 31.4 Å². The fourth-order valence-electron chi connectivity index (χ4n) is 0.165. The summed E-state index contributed by atoms with van der Waals surface area (Å²) in [5.41, 5.74) is 0. The van der Waals surface area contributed by atoms with Gasteiger partial charge in [0.05, 0.1) is 0 Å². The van der Waals surface area contributed by atoms with E-state index in [0.29, 0.717) is 0 Å². The Hall–Kier alpha value is 1.63. The molecule has 0 unspecified atom stereocenters. The van der Waals surface area contributed by atoms with Crippen molar-refractivity contribution in [1.29, 1.82) is 0 Å². The molecular weight excluding hydrogens is 215 g/mol. The lowest BCUT2D eigenvalue weighted by molar-refractivity contribution is 1.55. The summed E-state index contributed by atoms with van der Waals surface area (Å²) in [4.78, 5) is 0. The fraction of sp³-hybridized carbons (Fsp3) is 1.00. The first-order valence-electron chi connectivity index (χ1n) is 2.45. The van der Waals surface area contributed by atoms with E-state index >= 15 is 0 Å². The van der Waals surface area contributed by atoms with Crippen LogP contribution in [0.2, 0.25) is 0 Å². The first-order chi connectivity index (χ1) is 4.41. The highest BCUT2D eigenvalue weighted by atomic mass is 35.5. The van der Waals surface area contributed by atoms with Gasteiger partial charge in [0, 0.05) is 23.3 Å². The van der Waals surface area contributed by atoms with Crippen molar-refractivity contribution >= 4 is 54.6 Å². The maximum absolute atomic E-state index is 5.44. The van der Waals surface area contributed by atoms with Crippen molar-refractivity contribution in [3.8, 4) is 0 Å². The number of hydrogen-bond donors (Lipinski definition) is 0. The van der Waals surface area contributed by atoms with E-state index < -0.39 is 0 Å². The molecular formula is C4H8Cl2S3. The zero-order valence-corrected chi connectivity index (χ0v) is 8.77. The molecule has 0 nitrogen and oxygen atoms in total. The molecule has 56 valence electrons. The summed E-state index contributed by atoms with van der Waals surface area (Å²) in [5, 5.41) is 0. The predicted molar refractivity (Wildman–Crippen MR) is 53.9 cm³/mol. The van der Waals surface area contributed by atoms with Gasteiger partial charge in [0.25, 0.3) is 0 Å². The summed E-state index contributed by atoms with van der Waals surface area (Å²) in [6, 6.07) is 0. The smallest absolute Gasteiger partial charge is 0.0322 e. The summed E-state index contributed by atoms with van der Waals surface area (Å²) >= 11 is 10.9. The monoisotopic (exact) mass is 222 g/mol. The van der Waals surface area contributed by atoms with E-state index in [-0.39, 0.29) is 0 Å². The van der Waals surface area contributed by atoms with Crippen LogP contribution in [0.25, 0.3) is 0 Å². The Morgan fingerprint density at radius 3 is 1.67 bits per heavy atom. The Morgan fingerprint density at radius 1 is 0.889 bits per heavy atom. The fourth-order valence-corrected chi connectivity index (χ4v) is 4.46. The Kier molecular flexibility index (Phi) is 11.4. The topological polar surface area (TPSA) is 0 Å². The van der Waals surface area contributed by atoms with Gasteiger partial charge in [-0.25, -0.2) is 0 Å². The number of alkyl halides is 2. The molecule has 0 aliphatic rings. The summed E-state index contributed by atoms with van der Waals surface area (Å²) in [7, 11) is 5.33. The van der Waals surface area contributed by atoms with Gasteiger partial charge >= 0.3 is 0 Å². The minimum atomic E-state index is 0.735. The Morgan fingerprint density at radius 2 is 1.33 bits per heavy atom. The normalized spacial score (nSPS) is 10.0. The lowest BCUT2D eigenvalue weighted by Gasteiger charge is -1.93. The van der Waals surface area contributed by atoms with E-state index in [4.69, 9.17) is 23.2 Å². The molecule has 0 aromatic carbocycles. The van der Waals surface area contributed by atoms with E-state index in [2.05, 4.69) is 0 Å². The van der Waals surface area contributed by atoms with E-state index in [9.17, 15) is 0 Å². The SMILES string of the molecule is ClCCSSSCCCl. The van der Waals surface area contributed by atoms with E-state index in [1.165, 1.54) is 0 Å². The third-order valence-corrected chi connectivity index (χ3v) is 5.49. The maximum Gasteiger partial charge on any atom is 0.0322 e. The van der Waals surface area contributed by atoms with E-state index in [1.807, 2.05) is 0 Å². The first kappa shape index (κ1) is 10.6. The molecule has 0 aromatic heterocycles. The van der Waals surface area contributed by atoms with Crippen molar-refractivity contribution in [3.05, 3.63) is 0 Å². The average Bonchev–Trinajstić information content (AvgIpc) is 1.89. The van der Waals surface area contributed by atoms with Gasteiger partial charge in [-0.15, -0.1) is 23.2 Å². The summed E-state index contributed by atoms with van der Waals surface area (Å²) in [6.45, 7) is 0. The van der Waals surface area contributed by atoms with Gasteiger partial charge in [-0.2, -0.15) is 0 Å². The minimum absolute atomic E-state index is 0.735. The van der Waals surface area contributed by atoms with E-state index in [0.717, 1.165) is 23.3 Å². The highest BCUT2D eigenvalue weighted by Gasteiger charge is 1.88. The number of hydrogen-bond acceptors (Lipinski definition) is 3. The molecule has 0 saturated heterocycles. The van der Waals surface area contributed by atoms with Crippen molar-refractivity contribution in [1.82, 2.24) is 0 Å². The van der Waals surface area contributed by atoms with Gasteiger partial charge in [0.1, 0.15) is 0 Å². The predicted octanol–water partition coefficient (Wildman–Crippen LogP) is 3.49. The van der Waals surface area contributed by atoms with Crippen molar-refractivity contribution in [2.75, 3.05) is 23.3 Å². The molecule has 0 atom stereocenters. The number of rotatable bonds is 6. The molecule has 0 saturated carbocycles. The summed E-state index contributed by atoms with van der Waals surface area (Å²) in [6.07, 6.45) is 0. The Labute approximate surface area is 77.6 Å². The molecule has 0 rings (SSSR count). The van der Waals surface area contributed by atoms with Crippen molar-refractivity contribution in [3.63, 3.8) is 0 Å². The van der Waals surface area contributed by atoms with Gasteiger partial charge in [-0.3, -0.25) is 0 Å². The second kappa shape index (κ2) is 9.63. The molecule has 0 heterocycles. The molecule has 0 radical (unpaired) electrons. The Bertz CT molecular complexity index is 47.1. The lowest BCUT2D eigenvalue weighted by atomic mass is 11.0. The van der Waals surface area contributed by atoms with Crippen LogP contribution in [0.1, 0.15) is 0 Å². The van der Waals surface area contributed by atoms with Crippen LogP contribution in [0.5, 0.6) is 0 Å². The van der Waals surface area contributed by atoms with Crippen molar-refractivity contribution in [2.24, 2.45) is 0 Å². The van der Waals surface area contributed by atoms with Crippen molar-refractivity contribution in [2.45, 2.75) is 0 Å². The average molecular weight is 223 g/mol. The lowest BCUT2D eigenvalue weighted by Crippen LogP contribution is -1.74. The number of halogens is 2. The zero-order chi connectivity index (χ0) is 6.95. The van der Waals surface area contributed by atoms with Gasteiger partial charge in [-0.05, 0) is 9.83 Å². The second-order valence-electron chi connectivity index (χ2n) is 1.09. The van der Waals surface area contributed by atoms with Crippen LogP contribution >= 0.6 is 54.6 Å². The maximum atomic E-state index is 5.44. The van der Waals surface area contributed by atoms with Crippen LogP contribution in [0.15, 0.2) is 0 Å². The zero-order valence-electron chi connectivity index (χ0n) is 4.81. The van der Waals surface area contributed by atoms with Crippen LogP contribution in [0.4, 0.5) is 0 Å². The Balaban J connectivity index is 2.60. The summed E-state index contributed by atoms with van der Waals surface area (Å²) in [5.74, 6) is 3.50. The molecule has 0 fully saturated rings. The molecule has 9 heavy (non-hydrogen) atoms. The largest absolute Gasteiger partial charge is 0.126 e. The first-order valence-corrected chi connectivity index (χ1v) is 7.34. The van der Waals surface area contributed by atoms with Gasteiger partial charge in [0.2, 0.25) is 0 Å². The van der Waals surface area contributed by atoms with Gasteiger partial charge in [0.15, 0.2) is 0 Å². The van der Waals surface area contributed by atoms with Gasteiger partial charge in [-0.1, -0.05) is 21.6 Å². The van der Waals surface area contributed by atoms with Crippen molar-refractivity contribution < 1.29 is 0 Å². The highest BCUT2D eigenvalue weighted by Crippen LogP contribution is 2.34. The standard InChI is InChI=1S/C4H8Cl2S3/c5-1-3-7-9-8-4-2-6/h1-4H2. The molecule has 0 aliphatic carbocycles. The molecule has 0 amide bonds. The van der Waals surface area contributed by atoms with Crippen LogP contribution in [0.3, 0.4) is 0 Å². The van der Waals surface area contributed by atoms with Crippen LogP contribution in [0, 0.1) is 0 Å². The highest BCUT2D eigenvalue weighted by molar-refractivity contribution is 9.09. The third kappa shape index (κ3) is 9.63. The molecule has 0 aliphatic heterocycles. The summed E-state index contributed by atoms with van der Waals surface area (Å²) < 4.78 is 0. The van der Waals surface area contributed by atoms with Gasteiger partial charge < -0.3 is 0 Å². The molecule has 0 N–H and O–H groups in total.